The second-order valence-corrected chi connectivity index (χ2v) is 0.577. The molecule has 0 rings (SSSR count). The van der Waals surface area contributed by atoms with Gasteiger partial charge in [0, 0.05) is 13.1 Å². The van der Waals surface area contributed by atoms with Crippen molar-refractivity contribution in [1.82, 2.24) is 0 Å². The summed E-state index contributed by atoms with van der Waals surface area (Å²) in [6, 6.07) is 0. The third kappa shape index (κ3) is 38300. The van der Waals surface area contributed by atoms with E-state index in [0.29, 0.717) is 13.1 Å². The minimum absolute atomic E-state index is 0.597. The molecule has 0 aromatic carbocycles. The molecule has 0 heterocycles. The predicted octanol–water partition coefficient (Wildman–Crippen LogP) is 2.11. The Balaban J connectivity index is -0.0000000181. The summed E-state index contributed by atoms with van der Waals surface area (Å²) in [6.45, 7) is 25.2. The molecule has 0 aliphatic heterocycles. The maximum Gasteiger partial charge on any atom is 0.00461 e. The van der Waals surface area contributed by atoms with E-state index in [9.17, 15) is 0 Å². The molecule has 74 valence electrons. The van der Waals surface area contributed by atoms with Crippen LogP contribution in [0.25, 0.3) is 0 Å². The van der Waals surface area contributed by atoms with Gasteiger partial charge in [0.05, 0.1) is 0 Å². The van der Waals surface area contributed by atoms with Crippen molar-refractivity contribution < 1.29 is 0 Å². The lowest BCUT2D eigenvalue weighted by molar-refractivity contribution is 0.976. The van der Waals surface area contributed by atoms with Crippen molar-refractivity contribution in [3.05, 3.63) is 52.6 Å². The highest BCUT2D eigenvalue weighted by molar-refractivity contribution is 4.26. The summed E-state index contributed by atoms with van der Waals surface area (Å²) in [4.78, 5) is 0. The predicted molar refractivity (Wildman–Crippen MR) is 63.1 cm³/mol. The van der Waals surface area contributed by atoms with E-state index in [2.05, 4.69) is 52.6 Å². The molecule has 0 saturated heterocycles. The highest BCUT2D eigenvalue weighted by Crippen LogP contribution is 1.24. The van der Waals surface area contributed by atoms with Gasteiger partial charge in [-0.05, 0) is 0 Å². The van der Waals surface area contributed by atoms with Crippen LogP contribution in [-0.2, 0) is 0 Å². The van der Waals surface area contributed by atoms with Gasteiger partial charge in [-0.15, -0.1) is 52.6 Å². The molecule has 2 nitrogen and oxygen atoms in total. The molecule has 0 spiro atoms. The van der Waals surface area contributed by atoms with E-state index in [1.54, 1.807) is 0 Å². The molecule has 0 aliphatic rings. The fourth-order valence-corrected chi connectivity index (χ4v) is 0. The van der Waals surface area contributed by atoms with E-state index >= 15 is 0 Å². The minimum Gasteiger partial charge on any atom is -0.329 e. The molecular weight excluding hydrogens is 148 g/mol. The molecule has 0 amide bonds. The molecule has 0 unspecified atom stereocenters. The van der Waals surface area contributed by atoms with E-state index < -0.39 is 0 Å². The second kappa shape index (κ2) is 1010. The zero-order valence-electron chi connectivity index (χ0n) is 8.23. The summed E-state index contributed by atoms with van der Waals surface area (Å²) in [5.41, 5.74) is 9.81. The summed E-state index contributed by atoms with van der Waals surface area (Å²) in [6.07, 6.45) is 0. The van der Waals surface area contributed by atoms with E-state index in [1.165, 1.54) is 0 Å². The van der Waals surface area contributed by atoms with Gasteiger partial charge in [-0.3, -0.25) is 0 Å². The van der Waals surface area contributed by atoms with E-state index in [4.69, 9.17) is 11.5 Å². The van der Waals surface area contributed by atoms with Gasteiger partial charge in [0.2, 0.25) is 0 Å². The van der Waals surface area contributed by atoms with Crippen molar-refractivity contribution >= 4 is 0 Å². The number of hydrogen-bond donors (Lipinski definition) is 2. The van der Waals surface area contributed by atoms with Gasteiger partial charge in [-0.2, -0.15) is 0 Å². The Bertz CT molecular complexity index is 28.8. The van der Waals surface area contributed by atoms with Gasteiger partial charge >= 0.3 is 0 Å². The van der Waals surface area contributed by atoms with Crippen molar-refractivity contribution in [3.63, 3.8) is 0 Å². The Kier molecular flexibility index (Phi) is 2580. The van der Waals surface area contributed by atoms with Crippen LogP contribution >= 0.6 is 0 Å². The molecule has 4 N–H and O–H groups in total. The van der Waals surface area contributed by atoms with Gasteiger partial charge in [0.1, 0.15) is 0 Å². The summed E-state index contributed by atoms with van der Waals surface area (Å²) in [7, 11) is 0. The third-order valence-corrected chi connectivity index (χ3v) is 0.167. The first-order chi connectivity index (χ1) is 5.91. The molecule has 0 saturated carbocycles. The molecular formula is C10H24N2. The monoisotopic (exact) mass is 172 g/mol. The molecule has 0 atom stereocenters. The number of nitrogens with two attached hydrogens (primary N) is 2. The van der Waals surface area contributed by atoms with E-state index in [1.807, 2.05) is 0 Å². The zero-order valence-corrected chi connectivity index (χ0v) is 8.23. The minimum atomic E-state index is 0.597. The lowest BCUT2D eigenvalue weighted by atomic mass is 10.7. The zero-order chi connectivity index (χ0) is 11.4. The van der Waals surface area contributed by atoms with Gasteiger partial charge in [0.15, 0.2) is 0 Å². The first kappa shape index (κ1) is 30.7. The lowest BCUT2D eigenvalue weighted by Crippen LogP contribution is -2.11. The molecule has 12 heavy (non-hydrogen) atoms. The largest absolute Gasteiger partial charge is 0.329 e. The van der Waals surface area contributed by atoms with E-state index in [0.717, 1.165) is 0 Å². The molecule has 0 aromatic heterocycles. The molecule has 2 heteroatoms. The second-order valence-electron chi connectivity index (χ2n) is 0.577. The Morgan fingerprint density at radius 2 is 0.583 bits per heavy atom. The Hall–Kier alpha value is -1.12. The molecule has 0 fully saturated rings. The molecule has 0 radical (unpaired) electrons. The van der Waals surface area contributed by atoms with Crippen LogP contribution in [0.4, 0.5) is 0 Å². The van der Waals surface area contributed by atoms with Crippen LogP contribution in [0.1, 0.15) is 0 Å². The fraction of sp³-hybridized carbons (Fsp3) is 0.200. The highest BCUT2D eigenvalue weighted by atomic mass is 14.6. The van der Waals surface area contributed by atoms with Crippen LogP contribution < -0.4 is 11.5 Å². The van der Waals surface area contributed by atoms with Crippen LogP contribution in [0.2, 0.25) is 0 Å². The number of hydrogen-bond acceptors (Lipinski definition) is 2. The Morgan fingerprint density at radius 1 is 0.500 bits per heavy atom. The van der Waals surface area contributed by atoms with Crippen molar-refractivity contribution in [2.24, 2.45) is 11.5 Å². The van der Waals surface area contributed by atoms with Crippen LogP contribution in [0.3, 0.4) is 0 Å². The average molecular weight is 172 g/mol. The molecule has 0 aliphatic carbocycles. The van der Waals surface area contributed by atoms with Gasteiger partial charge in [-0.1, -0.05) is 0 Å². The van der Waals surface area contributed by atoms with Crippen molar-refractivity contribution in [2.75, 3.05) is 13.1 Å². The highest BCUT2D eigenvalue weighted by Gasteiger charge is 1.54. The first-order valence-electron chi connectivity index (χ1n) is 3.32. The smallest absolute Gasteiger partial charge is 0.00461 e. The van der Waals surface area contributed by atoms with Gasteiger partial charge in [-0.25, -0.2) is 0 Å². The molecule has 0 bridgehead atoms. The quantitative estimate of drug-likeness (QED) is 0.595. The Morgan fingerprint density at radius 3 is 0.583 bits per heavy atom. The summed E-state index contributed by atoms with van der Waals surface area (Å²) in [5, 5.41) is 0. The average Bonchev–Trinajstić information content (AvgIpc) is 2.29. The number of rotatable bonds is 1. The Labute approximate surface area is 78.0 Å². The summed E-state index contributed by atoms with van der Waals surface area (Å²) < 4.78 is 0. The topological polar surface area (TPSA) is 52.0 Å². The van der Waals surface area contributed by atoms with Gasteiger partial charge < -0.3 is 11.5 Å². The van der Waals surface area contributed by atoms with Crippen molar-refractivity contribution in [3.8, 4) is 0 Å². The summed E-state index contributed by atoms with van der Waals surface area (Å²) in [5.74, 6) is 0. The lowest BCUT2D eigenvalue weighted by Gasteiger charge is -1.72. The normalized spacial score (nSPS) is 3.83. The maximum absolute atomic E-state index is 4.90. The third-order valence-electron chi connectivity index (χ3n) is 0.167. The maximum atomic E-state index is 4.90. The van der Waals surface area contributed by atoms with Crippen LogP contribution in [0.15, 0.2) is 52.6 Å². The van der Waals surface area contributed by atoms with Crippen molar-refractivity contribution in [1.29, 1.82) is 0 Å². The SMILES string of the molecule is C=C.C=C.C=C.C=C.NCCN. The van der Waals surface area contributed by atoms with Crippen molar-refractivity contribution in [2.45, 2.75) is 0 Å². The standard InChI is InChI=1S/C2H8N2.4C2H4/c3-1-2-4;4*1-2/h1-4H2;4*1-2H2. The van der Waals surface area contributed by atoms with Crippen LogP contribution in [0.5, 0.6) is 0 Å². The van der Waals surface area contributed by atoms with Gasteiger partial charge in [0.25, 0.3) is 0 Å². The molecule has 0 aromatic rings. The van der Waals surface area contributed by atoms with Crippen LogP contribution in [-0.4, -0.2) is 13.1 Å². The first-order valence-corrected chi connectivity index (χ1v) is 3.32. The fourth-order valence-electron chi connectivity index (χ4n) is 0. The van der Waals surface area contributed by atoms with Crippen LogP contribution in [0, 0.1) is 0 Å². The van der Waals surface area contributed by atoms with E-state index in [-0.39, 0.29) is 0 Å². The summed E-state index contributed by atoms with van der Waals surface area (Å²) >= 11 is 0.